The number of carbonyl (C=O) groups is 2. The van der Waals surface area contributed by atoms with Gasteiger partial charge in [-0.3, -0.25) is 9.59 Å². The van der Waals surface area contributed by atoms with Crippen molar-refractivity contribution in [3.63, 3.8) is 0 Å². The molecule has 2 amide bonds. The summed E-state index contributed by atoms with van der Waals surface area (Å²) in [7, 11) is 0. The van der Waals surface area contributed by atoms with Gasteiger partial charge in [0.2, 0.25) is 11.8 Å². The van der Waals surface area contributed by atoms with Crippen molar-refractivity contribution >= 4 is 23.4 Å². The number of piperidine rings is 1. The first-order chi connectivity index (χ1) is 13.1. The van der Waals surface area contributed by atoms with Gasteiger partial charge in [-0.15, -0.1) is 0 Å². The maximum absolute atomic E-state index is 13.4. The van der Waals surface area contributed by atoms with E-state index in [4.69, 9.17) is 11.6 Å². The fraction of sp³-hybridized carbons (Fsp3) is 0.636. The van der Waals surface area contributed by atoms with Crippen LogP contribution in [0.15, 0.2) is 24.3 Å². The number of likely N-dealkylation sites (tertiary alicyclic amines) is 1. The van der Waals surface area contributed by atoms with Crippen LogP contribution in [0, 0.1) is 5.92 Å². The van der Waals surface area contributed by atoms with Gasteiger partial charge in [-0.25, -0.2) is 0 Å². The van der Waals surface area contributed by atoms with E-state index in [1.165, 1.54) is 0 Å². The summed E-state index contributed by atoms with van der Waals surface area (Å²) in [6.45, 7) is 1.64. The average Bonchev–Trinajstić information content (AvgIpc) is 3.45. The SMILES string of the molecule is O=C(CC[C@H]1CCCN(C(=O)C2(c3ccc(Cl)cc3)CCC2)C1)NC1CC1. The molecule has 1 heterocycles. The zero-order valence-electron chi connectivity index (χ0n) is 15.9. The minimum atomic E-state index is -0.351. The second-order valence-electron chi connectivity index (χ2n) is 8.58. The highest BCUT2D eigenvalue weighted by Gasteiger charge is 2.48. The lowest BCUT2D eigenvalue weighted by molar-refractivity contribution is -0.142. The summed E-state index contributed by atoms with van der Waals surface area (Å²) in [5, 5.41) is 3.78. The van der Waals surface area contributed by atoms with Gasteiger partial charge in [0.05, 0.1) is 5.41 Å². The van der Waals surface area contributed by atoms with Gasteiger partial charge in [0.1, 0.15) is 0 Å². The van der Waals surface area contributed by atoms with Crippen molar-refractivity contribution in [3.05, 3.63) is 34.9 Å². The van der Waals surface area contributed by atoms with E-state index in [-0.39, 0.29) is 17.2 Å². The van der Waals surface area contributed by atoms with E-state index in [0.29, 0.717) is 23.4 Å². The Morgan fingerprint density at radius 2 is 1.85 bits per heavy atom. The van der Waals surface area contributed by atoms with E-state index in [0.717, 1.165) is 70.0 Å². The Hall–Kier alpha value is -1.55. The molecule has 0 bridgehead atoms. The summed E-state index contributed by atoms with van der Waals surface area (Å²) in [5.74, 6) is 0.899. The predicted octanol–water partition coefficient (Wildman–Crippen LogP) is 4.06. The molecule has 0 aromatic heterocycles. The number of benzene rings is 1. The van der Waals surface area contributed by atoms with Crippen LogP contribution in [0.2, 0.25) is 5.02 Å². The number of amides is 2. The molecule has 1 aromatic carbocycles. The maximum atomic E-state index is 13.4. The van der Waals surface area contributed by atoms with Gasteiger partial charge in [0.25, 0.3) is 0 Å². The van der Waals surface area contributed by atoms with Gasteiger partial charge in [-0.1, -0.05) is 30.2 Å². The lowest BCUT2D eigenvalue weighted by atomic mass is 9.63. The van der Waals surface area contributed by atoms with Crippen LogP contribution in [-0.4, -0.2) is 35.8 Å². The molecule has 4 nitrogen and oxygen atoms in total. The minimum absolute atomic E-state index is 0.178. The molecule has 2 saturated carbocycles. The van der Waals surface area contributed by atoms with Crippen LogP contribution in [0.25, 0.3) is 0 Å². The normalized spacial score (nSPS) is 24.2. The Morgan fingerprint density at radius 3 is 2.48 bits per heavy atom. The highest BCUT2D eigenvalue weighted by atomic mass is 35.5. The van der Waals surface area contributed by atoms with Gasteiger partial charge in [-0.05, 0) is 68.6 Å². The Morgan fingerprint density at radius 1 is 1.11 bits per heavy atom. The third kappa shape index (κ3) is 4.16. The highest BCUT2D eigenvalue weighted by molar-refractivity contribution is 6.30. The Labute approximate surface area is 166 Å². The summed E-state index contributed by atoms with van der Waals surface area (Å²) < 4.78 is 0. The molecule has 2 aliphatic carbocycles. The molecule has 1 aliphatic heterocycles. The van der Waals surface area contributed by atoms with Gasteiger partial charge in [0, 0.05) is 30.6 Å². The van der Waals surface area contributed by atoms with Crippen molar-refractivity contribution in [1.29, 1.82) is 0 Å². The van der Waals surface area contributed by atoms with Crippen LogP contribution in [-0.2, 0) is 15.0 Å². The maximum Gasteiger partial charge on any atom is 0.233 e. The first-order valence-corrected chi connectivity index (χ1v) is 10.8. The van der Waals surface area contributed by atoms with Crippen molar-refractivity contribution in [1.82, 2.24) is 10.2 Å². The first-order valence-electron chi connectivity index (χ1n) is 10.4. The Bertz CT molecular complexity index is 695. The zero-order valence-corrected chi connectivity index (χ0v) is 16.6. The molecule has 3 fully saturated rings. The second kappa shape index (κ2) is 7.83. The lowest BCUT2D eigenvalue weighted by Crippen LogP contribution is -2.53. The fourth-order valence-corrected chi connectivity index (χ4v) is 4.70. The molecular formula is C22H29ClN2O2. The van der Waals surface area contributed by atoms with Crippen LogP contribution >= 0.6 is 11.6 Å². The van der Waals surface area contributed by atoms with E-state index in [9.17, 15) is 9.59 Å². The molecule has 27 heavy (non-hydrogen) atoms. The summed E-state index contributed by atoms with van der Waals surface area (Å²) >= 11 is 6.04. The third-order valence-electron chi connectivity index (χ3n) is 6.54. The summed E-state index contributed by atoms with van der Waals surface area (Å²) in [5.41, 5.74) is 0.754. The van der Waals surface area contributed by atoms with Crippen molar-refractivity contribution < 1.29 is 9.59 Å². The quantitative estimate of drug-likeness (QED) is 0.798. The summed E-state index contributed by atoms with van der Waals surface area (Å²) in [6.07, 6.45) is 8.85. The largest absolute Gasteiger partial charge is 0.353 e. The number of rotatable bonds is 6. The van der Waals surface area contributed by atoms with Crippen LogP contribution < -0.4 is 5.32 Å². The van der Waals surface area contributed by atoms with Crippen LogP contribution in [0.4, 0.5) is 0 Å². The molecule has 1 N–H and O–H groups in total. The van der Waals surface area contributed by atoms with Crippen LogP contribution in [0.5, 0.6) is 0 Å². The number of carbonyl (C=O) groups excluding carboxylic acids is 2. The number of hydrogen-bond acceptors (Lipinski definition) is 2. The molecule has 0 spiro atoms. The number of halogens is 1. The summed E-state index contributed by atoms with van der Waals surface area (Å²) in [6, 6.07) is 8.25. The summed E-state index contributed by atoms with van der Waals surface area (Å²) in [4.78, 5) is 27.5. The Kier molecular flexibility index (Phi) is 5.45. The molecule has 5 heteroatoms. The number of nitrogens with one attached hydrogen (secondary N) is 1. The van der Waals surface area contributed by atoms with Crippen molar-refractivity contribution in [2.75, 3.05) is 13.1 Å². The Balaban J connectivity index is 1.37. The smallest absolute Gasteiger partial charge is 0.233 e. The van der Waals surface area contributed by atoms with Gasteiger partial charge in [0.15, 0.2) is 0 Å². The molecule has 0 unspecified atom stereocenters. The van der Waals surface area contributed by atoms with E-state index in [1.54, 1.807) is 0 Å². The average molecular weight is 389 g/mol. The highest BCUT2D eigenvalue weighted by Crippen LogP contribution is 2.46. The fourth-order valence-electron chi connectivity index (χ4n) is 4.58. The van der Waals surface area contributed by atoms with Gasteiger partial charge < -0.3 is 10.2 Å². The molecule has 1 aromatic rings. The number of nitrogens with zero attached hydrogens (tertiary/aromatic N) is 1. The van der Waals surface area contributed by atoms with E-state index in [2.05, 4.69) is 10.2 Å². The van der Waals surface area contributed by atoms with E-state index < -0.39 is 0 Å². The van der Waals surface area contributed by atoms with Crippen LogP contribution in [0.1, 0.15) is 63.4 Å². The molecule has 4 rings (SSSR count). The van der Waals surface area contributed by atoms with Crippen molar-refractivity contribution in [2.24, 2.45) is 5.92 Å². The lowest BCUT2D eigenvalue weighted by Gasteiger charge is -2.46. The molecular weight excluding hydrogens is 360 g/mol. The van der Waals surface area contributed by atoms with Gasteiger partial charge >= 0.3 is 0 Å². The molecule has 3 aliphatic rings. The van der Waals surface area contributed by atoms with Crippen molar-refractivity contribution in [3.8, 4) is 0 Å². The minimum Gasteiger partial charge on any atom is -0.353 e. The molecule has 146 valence electrons. The van der Waals surface area contributed by atoms with E-state index in [1.807, 2.05) is 24.3 Å². The van der Waals surface area contributed by atoms with Gasteiger partial charge in [-0.2, -0.15) is 0 Å². The predicted molar refractivity (Wildman–Crippen MR) is 107 cm³/mol. The molecule has 0 radical (unpaired) electrons. The monoisotopic (exact) mass is 388 g/mol. The van der Waals surface area contributed by atoms with Crippen molar-refractivity contribution in [2.45, 2.75) is 69.2 Å². The third-order valence-corrected chi connectivity index (χ3v) is 6.79. The zero-order chi connectivity index (χ0) is 18.9. The standard InChI is InChI=1S/C22H29ClN2O2/c23-18-7-5-17(6-8-18)22(12-2-13-22)21(27)25-14-1-3-16(15-25)4-11-20(26)24-19-9-10-19/h5-8,16,19H,1-4,9-15H2,(H,24,26)/t16-/m1/s1. The van der Waals surface area contributed by atoms with Crippen LogP contribution in [0.3, 0.4) is 0 Å². The second-order valence-corrected chi connectivity index (χ2v) is 9.02. The van der Waals surface area contributed by atoms with E-state index >= 15 is 0 Å². The first kappa shape index (κ1) is 18.8. The molecule has 1 saturated heterocycles. The topological polar surface area (TPSA) is 49.4 Å². The number of hydrogen-bond donors (Lipinski definition) is 1. The molecule has 1 atom stereocenters.